The predicted octanol–water partition coefficient (Wildman–Crippen LogP) is 4.47. The van der Waals surface area contributed by atoms with Crippen LogP contribution < -0.4 is 5.32 Å². The molecule has 110 valence electrons. The molecule has 0 radical (unpaired) electrons. The number of aryl methyl sites for hydroxylation is 3. The van der Waals surface area contributed by atoms with Crippen molar-refractivity contribution in [3.63, 3.8) is 0 Å². The topological polar surface area (TPSA) is 12.0 Å². The number of rotatable bonds is 2. The second kappa shape index (κ2) is 6.03. The Labute approximate surface area is 128 Å². The summed E-state index contributed by atoms with van der Waals surface area (Å²) in [6.07, 6.45) is 1.22. The van der Waals surface area contributed by atoms with Gasteiger partial charge in [-0.3, -0.25) is 0 Å². The molecule has 21 heavy (non-hydrogen) atoms. The van der Waals surface area contributed by atoms with E-state index in [4.69, 9.17) is 0 Å². The first kappa shape index (κ1) is 14.3. The van der Waals surface area contributed by atoms with Gasteiger partial charge in [0.05, 0.1) is 0 Å². The molecule has 1 N–H and O–H groups in total. The largest absolute Gasteiger partial charge is 0.316 e. The average molecular weight is 279 g/mol. The fourth-order valence-electron chi connectivity index (χ4n) is 3.65. The van der Waals surface area contributed by atoms with Gasteiger partial charge in [0.2, 0.25) is 0 Å². The van der Waals surface area contributed by atoms with Crippen molar-refractivity contribution in [2.75, 3.05) is 13.1 Å². The maximum atomic E-state index is 3.58. The lowest BCUT2D eigenvalue weighted by Crippen LogP contribution is -2.34. The standard InChI is InChI=1S/C20H25N/c1-14-4-6-17(7-5-14)20-13-21-9-8-19(20)18-11-15(2)10-16(3)12-18/h4-7,10-12,19-21H,8-9,13H2,1-3H3. The summed E-state index contributed by atoms with van der Waals surface area (Å²) in [7, 11) is 0. The molecule has 1 heterocycles. The molecular formula is C20H25N. The summed E-state index contributed by atoms with van der Waals surface area (Å²) < 4.78 is 0. The minimum Gasteiger partial charge on any atom is -0.316 e. The number of benzene rings is 2. The molecule has 0 aromatic heterocycles. The Morgan fingerprint density at radius 1 is 0.762 bits per heavy atom. The molecule has 1 nitrogen and oxygen atoms in total. The normalized spacial score (nSPS) is 22.2. The van der Waals surface area contributed by atoms with Gasteiger partial charge in [0.1, 0.15) is 0 Å². The first-order valence-electron chi connectivity index (χ1n) is 7.99. The number of piperidine rings is 1. The molecule has 1 fully saturated rings. The molecular weight excluding hydrogens is 254 g/mol. The molecule has 0 amide bonds. The second-order valence-corrected chi connectivity index (χ2v) is 6.54. The van der Waals surface area contributed by atoms with E-state index < -0.39 is 0 Å². The maximum absolute atomic E-state index is 3.58. The summed E-state index contributed by atoms with van der Waals surface area (Å²) in [6, 6.07) is 16.1. The van der Waals surface area contributed by atoms with Gasteiger partial charge in [-0.2, -0.15) is 0 Å². The van der Waals surface area contributed by atoms with Crippen LogP contribution in [0.5, 0.6) is 0 Å². The Bertz CT molecular complexity index is 592. The van der Waals surface area contributed by atoms with E-state index in [9.17, 15) is 0 Å². The van der Waals surface area contributed by atoms with Gasteiger partial charge in [-0.05, 0) is 50.8 Å². The van der Waals surface area contributed by atoms with Gasteiger partial charge in [-0.15, -0.1) is 0 Å². The van der Waals surface area contributed by atoms with E-state index in [0.29, 0.717) is 11.8 Å². The summed E-state index contributed by atoms with van der Waals surface area (Å²) in [5.41, 5.74) is 7.08. The number of hydrogen-bond acceptors (Lipinski definition) is 1. The zero-order valence-corrected chi connectivity index (χ0v) is 13.3. The molecule has 2 aromatic carbocycles. The van der Waals surface area contributed by atoms with Gasteiger partial charge in [-0.25, -0.2) is 0 Å². The van der Waals surface area contributed by atoms with Crippen molar-refractivity contribution >= 4 is 0 Å². The first-order valence-corrected chi connectivity index (χ1v) is 7.99. The maximum Gasteiger partial charge on any atom is 0.00326 e. The van der Waals surface area contributed by atoms with E-state index in [2.05, 4.69) is 68.6 Å². The quantitative estimate of drug-likeness (QED) is 0.855. The van der Waals surface area contributed by atoms with Gasteiger partial charge >= 0.3 is 0 Å². The third kappa shape index (κ3) is 3.19. The molecule has 2 atom stereocenters. The molecule has 3 rings (SSSR count). The Morgan fingerprint density at radius 3 is 2.10 bits per heavy atom. The monoisotopic (exact) mass is 279 g/mol. The highest BCUT2D eigenvalue weighted by atomic mass is 14.9. The Kier molecular flexibility index (Phi) is 4.12. The van der Waals surface area contributed by atoms with Crippen molar-refractivity contribution in [1.29, 1.82) is 0 Å². The van der Waals surface area contributed by atoms with Gasteiger partial charge in [0, 0.05) is 12.5 Å². The molecule has 0 aliphatic carbocycles. The molecule has 1 aliphatic heterocycles. The zero-order valence-electron chi connectivity index (χ0n) is 13.3. The Hall–Kier alpha value is -1.60. The molecule has 0 spiro atoms. The highest BCUT2D eigenvalue weighted by Gasteiger charge is 2.27. The minimum absolute atomic E-state index is 0.584. The van der Waals surface area contributed by atoms with Crippen molar-refractivity contribution in [1.82, 2.24) is 5.32 Å². The van der Waals surface area contributed by atoms with Crippen molar-refractivity contribution in [3.8, 4) is 0 Å². The van der Waals surface area contributed by atoms with Gasteiger partial charge < -0.3 is 5.32 Å². The van der Waals surface area contributed by atoms with E-state index >= 15 is 0 Å². The Balaban J connectivity index is 1.95. The third-order valence-electron chi connectivity index (χ3n) is 4.66. The van der Waals surface area contributed by atoms with Crippen LogP contribution in [0.2, 0.25) is 0 Å². The molecule has 1 heteroatoms. The van der Waals surface area contributed by atoms with Crippen LogP contribution in [0.3, 0.4) is 0 Å². The lowest BCUT2D eigenvalue weighted by molar-refractivity contribution is 0.404. The molecule has 2 aromatic rings. The second-order valence-electron chi connectivity index (χ2n) is 6.54. The molecule has 0 bridgehead atoms. The SMILES string of the molecule is Cc1ccc(C2CNCCC2c2cc(C)cc(C)c2)cc1. The van der Waals surface area contributed by atoms with E-state index in [1.807, 2.05) is 0 Å². The molecule has 0 saturated carbocycles. The van der Waals surface area contributed by atoms with Crippen LogP contribution in [0.25, 0.3) is 0 Å². The number of nitrogens with one attached hydrogen (secondary N) is 1. The minimum atomic E-state index is 0.584. The average Bonchev–Trinajstić information content (AvgIpc) is 2.47. The third-order valence-corrected chi connectivity index (χ3v) is 4.66. The summed E-state index contributed by atoms with van der Waals surface area (Å²) in [6.45, 7) is 8.78. The number of hydrogen-bond donors (Lipinski definition) is 1. The van der Waals surface area contributed by atoms with Crippen molar-refractivity contribution in [2.24, 2.45) is 0 Å². The van der Waals surface area contributed by atoms with Crippen LogP contribution in [0.4, 0.5) is 0 Å². The predicted molar refractivity (Wildman–Crippen MR) is 90.1 cm³/mol. The first-order chi connectivity index (χ1) is 10.1. The van der Waals surface area contributed by atoms with Crippen LogP contribution >= 0.6 is 0 Å². The zero-order chi connectivity index (χ0) is 14.8. The fourth-order valence-corrected chi connectivity index (χ4v) is 3.65. The van der Waals surface area contributed by atoms with E-state index in [1.165, 1.54) is 34.2 Å². The van der Waals surface area contributed by atoms with Crippen LogP contribution in [0.15, 0.2) is 42.5 Å². The van der Waals surface area contributed by atoms with Crippen molar-refractivity contribution in [2.45, 2.75) is 39.0 Å². The van der Waals surface area contributed by atoms with E-state index in [1.54, 1.807) is 0 Å². The summed E-state index contributed by atoms with van der Waals surface area (Å²) in [4.78, 5) is 0. The van der Waals surface area contributed by atoms with Gasteiger partial charge in [-0.1, -0.05) is 59.2 Å². The lowest BCUT2D eigenvalue weighted by atomic mass is 9.76. The van der Waals surface area contributed by atoms with E-state index in [0.717, 1.165) is 13.1 Å². The highest BCUT2D eigenvalue weighted by Crippen LogP contribution is 2.38. The van der Waals surface area contributed by atoms with Gasteiger partial charge in [0.25, 0.3) is 0 Å². The fraction of sp³-hybridized carbons (Fsp3) is 0.400. The van der Waals surface area contributed by atoms with Crippen LogP contribution in [0, 0.1) is 20.8 Å². The van der Waals surface area contributed by atoms with Crippen LogP contribution in [0.1, 0.15) is 46.1 Å². The summed E-state index contributed by atoms with van der Waals surface area (Å²) in [5.74, 6) is 1.22. The van der Waals surface area contributed by atoms with Crippen molar-refractivity contribution < 1.29 is 0 Å². The smallest absolute Gasteiger partial charge is 0.00326 e. The summed E-state index contributed by atoms with van der Waals surface area (Å²) >= 11 is 0. The highest BCUT2D eigenvalue weighted by molar-refractivity contribution is 5.36. The molecule has 1 aliphatic rings. The molecule has 1 saturated heterocycles. The van der Waals surface area contributed by atoms with Crippen molar-refractivity contribution in [3.05, 3.63) is 70.3 Å². The lowest BCUT2D eigenvalue weighted by Gasteiger charge is -2.33. The Morgan fingerprint density at radius 2 is 1.43 bits per heavy atom. The van der Waals surface area contributed by atoms with E-state index in [-0.39, 0.29) is 0 Å². The summed E-state index contributed by atoms with van der Waals surface area (Å²) in [5, 5.41) is 3.58. The van der Waals surface area contributed by atoms with Gasteiger partial charge in [0.15, 0.2) is 0 Å². The van der Waals surface area contributed by atoms with Crippen LogP contribution in [-0.2, 0) is 0 Å². The van der Waals surface area contributed by atoms with Crippen LogP contribution in [-0.4, -0.2) is 13.1 Å². The molecule has 2 unspecified atom stereocenters.